The third kappa shape index (κ3) is 6.13. The van der Waals surface area contributed by atoms with Gasteiger partial charge in [0.25, 0.3) is 0 Å². The van der Waals surface area contributed by atoms with Gasteiger partial charge in [-0.05, 0) is 25.8 Å². The lowest BCUT2D eigenvalue weighted by Crippen LogP contribution is -2.34. The molecule has 0 spiro atoms. The predicted octanol–water partition coefficient (Wildman–Crippen LogP) is 1.49. The van der Waals surface area contributed by atoms with Crippen molar-refractivity contribution >= 4 is 0 Å². The lowest BCUT2D eigenvalue weighted by Gasteiger charge is -2.19. The normalized spacial score (nSPS) is 16.2. The zero-order chi connectivity index (χ0) is 10.9. The van der Waals surface area contributed by atoms with Crippen molar-refractivity contribution in [2.24, 2.45) is 0 Å². The summed E-state index contributed by atoms with van der Waals surface area (Å²) in [6.07, 6.45) is 3.94. The molecule has 3 nitrogen and oxygen atoms in total. The van der Waals surface area contributed by atoms with E-state index in [0.717, 1.165) is 38.8 Å². The van der Waals surface area contributed by atoms with E-state index in [1.165, 1.54) is 25.9 Å². The van der Waals surface area contributed by atoms with Crippen LogP contribution in [0.2, 0.25) is 0 Å². The first-order valence-electron chi connectivity index (χ1n) is 6.41. The Morgan fingerprint density at radius 1 is 1.20 bits per heavy atom. The van der Waals surface area contributed by atoms with Crippen molar-refractivity contribution in [2.75, 3.05) is 39.4 Å². The van der Waals surface area contributed by atoms with Crippen LogP contribution in [0.4, 0.5) is 0 Å². The SMILES string of the molecule is CCCOCCNCCN(CC)C1CC1. The lowest BCUT2D eigenvalue weighted by atomic mass is 10.4. The fourth-order valence-electron chi connectivity index (χ4n) is 1.78. The Bertz CT molecular complexity index is 149. The van der Waals surface area contributed by atoms with Crippen molar-refractivity contribution in [3.8, 4) is 0 Å². The Balaban J connectivity index is 1.83. The number of nitrogens with one attached hydrogen (secondary N) is 1. The maximum Gasteiger partial charge on any atom is 0.0590 e. The molecule has 0 radical (unpaired) electrons. The van der Waals surface area contributed by atoms with E-state index in [0.29, 0.717) is 0 Å². The van der Waals surface area contributed by atoms with Gasteiger partial charge in [-0.15, -0.1) is 0 Å². The van der Waals surface area contributed by atoms with Gasteiger partial charge < -0.3 is 10.1 Å². The molecule has 0 aromatic rings. The Morgan fingerprint density at radius 3 is 2.60 bits per heavy atom. The summed E-state index contributed by atoms with van der Waals surface area (Å²) in [7, 11) is 0. The van der Waals surface area contributed by atoms with Gasteiger partial charge in [-0.3, -0.25) is 4.90 Å². The third-order valence-corrected chi connectivity index (χ3v) is 2.82. The summed E-state index contributed by atoms with van der Waals surface area (Å²) in [6, 6.07) is 0.896. The van der Waals surface area contributed by atoms with Gasteiger partial charge in [-0.1, -0.05) is 13.8 Å². The molecule has 0 aromatic carbocycles. The fraction of sp³-hybridized carbons (Fsp3) is 1.00. The van der Waals surface area contributed by atoms with Crippen LogP contribution in [0.5, 0.6) is 0 Å². The highest BCUT2D eigenvalue weighted by Gasteiger charge is 2.26. The standard InChI is InChI=1S/C12H26N2O/c1-3-10-15-11-8-13-7-9-14(4-2)12-5-6-12/h12-13H,3-11H2,1-2H3. The molecule has 0 heterocycles. The molecule has 1 rings (SSSR count). The van der Waals surface area contributed by atoms with Crippen LogP contribution >= 0.6 is 0 Å². The second-order valence-corrected chi connectivity index (χ2v) is 4.22. The lowest BCUT2D eigenvalue weighted by molar-refractivity contribution is 0.135. The fourth-order valence-corrected chi connectivity index (χ4v) is 1.78. The quantitative estimate of drug-likeness (QED) is 0.558. The Hall–Kier alpha value is -0.120. The van der Waals surface area contributed by atoms with Crippen LogP contribution in [0.15, 0.2) is 0 Å². The first-order valence-corrected chi connectivity index (χ1v) is 6.41. The molecule has 1 N–H and O–H groups in total. The van der Waals surface area contributed by atoms with Gasteiger partial charge in [0.2, 0.25) is 0 Å². The first-order chi connectivity index (χ1) is 7.38. The summed E-state index contributed by atoms with van der Waals surface area (Å²) in [6.45, 7) is 10.6. The van der Waals surface area contributed by atoms with Crippen molar-refractivity contribution in [1.29, 1.82) is 0 Å². The summed E-state index contributed by atoms with van der Waals surface area (Å²) >= 11 is 0. The minimum absolute atomic E-state index is 0.851. The first kappa shape index (κ1) is 12.9. The maximum absolute atomic E-state index is 5.40. The van der Waals surface area contributed by atoms with E-state index in [1.54, 1.807) is 0 Å². The third-order valence-electron chi connectivity index (χ3n) is 2.82. The number of hydrogen-bond donors (Lipinski definition) is 1. The smallest absolute Gasteiger partial charge is 0.0590 e. The molecule has 0 unspecified atom stereocenters. The molecule has 1 fully saturated rings. The average molecular weight is 214 g/mol. The monoisotopic (exact) mass is 214 g/mol. The number of ether oxygens (including phenoxy) is 1. The Labute approximate surface area is 94.2 Å². The van der Waals surface area contributed by atoms with Gasteiger partial charge in [-0.2, -0.15) is 0 Å². The highest BCUT2D eigenvalue weighted by Crippen LogP contribution is 2.25. The molecule has 1 aliphatic carbocycles. The second kappa shape index (κ2) is 8.08. The molecule has 0 aliphatic heterocycles. The van der Waals surface area contributed by atoms with E-state index in [-0.39, 0.29) is 0 Å². The molecular formula is C12H26N2O. The molecule has 0 saturated heterocycles. The molecule has 3 heteroatoms. The van der Waals surface area contributed by atoms with Crippen LogP contribution in [-0.4, -0.2) is 50.3 Å². The Kier molecular flexibility index (Phi) is 6.98. The molecule has 90 valence electrons. The zero-order valence-corrected chi connectivity index (χ0v) is 10.3. The zero-order valence-electron chi connectivity index (χ0n) is 10.3. The van der Waals surface area contributed by atoms with E-state index < -0.39 is 0 Å². The second-order valence-electron chi connectivity index (χ2n) is 4.22. The summed E-state index contributed by atoms with van der Waals surface area (Å²) < 4.78 is 5.40. The van der Waals surface area contributed by atoms with Gasteiger partial charge in [0, 0.05) is 32.3 Å². The molecule has 1 saturated carbocycles. The molecule has 0 aromatic heterocycles. The summed E-state index contributed by atoms with van der Waals surface area (Å²) in [5.74, 6) is 0. The molecular weight excluding hydrogens is 188 g/mol. The van der Waals surface area contributed by atoms with Crippen LogP contribution in [0.1, 0.15) is 33.1 Å². The van der Waals surface area contributed by atoms with E-state index in [2.05, 4.69) is 24.1 Å². The van der Waals surface area contributed by atoms with Crippen LogP contribution in [0, 0.1) is 0 Å². The van der Waals surface area contributed by atoms with Crippen molar-refractivity contribution in [3.05, 3.63) is 0 Å². The Morgan fingerprint density at radius 2 is 2.00 bits per heavy atom. The van der Waals surface area contributed by atoms with Crippen LogP contribution in [-0.2, 0) is 4.74 Å². The molecule has 0 amide bonds. The minimum Gasteiger partial charge on any atom is -0.380 e. The maximum atomic E-state index is 5.40. The van der Waals surface area contributed by atoms with E-state index in [1.807, 2.05) is 0 Å². The van der Waals surface area contributed by atoms with E-state index in [4.69, 9.17) is 4.74 Å². The van der Waals surface area contributed by atoms with E-state index >= 15 is 0 Å². The highest BCUT2D eigenvalue weighted by molar-refractivity contribution is 4.83. The van der Waals surface area contributed by atoms with Gasteiger partial charge in [0.05, 0.1) is 6.61 Å². The van der Waals surface area contributed by atoms with Crippen LogP contribution in [0.3, 0.4) is 0 Å². The van der Waals surface area contributed by atoms with Crippen LogP contribution < -0.4 is 5.32 Å². The number of hydrogen-bond acceptors (Lipinski definition) is 3. The predicted molar refractivity (Wildman–Crippen MR) is 64.2 cm³/mol. The van der Waals surface area contributed by atoms with Crippen molar-refractivity contribution in [1.82, 2.24) is 10.2 Å². The van der Waals surface area contributed by atoms with Crippen molar-refractivity contribution in [2.45, 2.75) is 39.2 Å². The highest BCUT2D eigenvalue weighted by atomic mass is 16.5. The molecule has 0 bridgehead atoms. The van der Waals surface area contributed by atoms with Gasteiger partial charge in [0.1, 0.15) is 0 Å². The van der Waals surface area contributed by atoms with Gasteiger partial charge >= 0.3 is 0 Å². The number of likely N-dealkylation sites (N-methyl/N-ethyl adjacent to an activating group) is 1. The van der Waals surface area contributed by atoms with Crippen molar-refractivity contribution < 1.29 is 4.74 Å². The minimum atomic E-state index is 0.851. The molecule has 15 heavy (non-hydrogen) atoms. The van der Waals surface area contributed by atoms with E-state index in [9.17, 15) is 0 Å². The van der Waals surface area contributed by atoms with Gasteiger partial charge in [-0.25, -0.2) is 0 Å². The average Bonchev–Trinajstić information content (AvgIpc) is 3.06. The largest absolute Gasteiger partial charge is 0.380 e. The number of nitrogens with zero attached hydrogens (tertiary/aromatic N) is 1. The summed E-state index contributed by atoms with van der Waals surface area (Å²) in [5, 5.41) is 3.43. The summed E-state index contributed by atoms with van der Waals surface area (Å²) in [4.78, 5) is 2.57. The van der Waals surface area contributed by atoms with Crippen LogP contribution in [0.25, 0.3) is 0 Å². The van der Waals surface area contributed by atoms with Crippen molar-refractivity contribution in [3.63, 3.8) is 0 Å². The molecule has 1 aliphatic rings. The topological polar surface area (TPSA) is 24.5 Å². The van der Waals surface area contributed by atoms with Gasteiger partial charge in [0.15, 0.2) is 0 Å². The summed E-state index contributed by atoms with van der Waals surface area (Å²) in [5.41, 5.74) is 0. The number of rotatable bonds is 10. The molecule has 0 atom stereocenters.